The standard InChI is InChI=1S/C28H38N8O3S.C4H8O.C2H6.CH4O/c1-5-8-17(23(37)16-10-6-11-19-20(16)18(13-29)24(31)40-19)21(30)25-33-26-22(36(4)28(38)35-26)27(34-25)39-14-15(2)9-7-12-32-3;1-2-4-5-3-1;2*1-2/h15-16,32H,5-12,14,30-31H2,1-4H3,(H,33,34,35,38);1-4H2;1-2H3;2H,1H3/b21-17-;;;/t15-,16?;;;/m0.../s1. The first-order valence-electron chi connectivity index (χ1n) is 17.3. The molecule has 1 unspecified atom stereocenters. The lowest BCUT2D eigenvalue weighted by molar-refractivity contribution is -0.117. The third-order valence-corrected chi connectivity index (χ3v) is 9.35. The maximum absolute atomic E-state index is 14.1. The molecule has 272 valence electrons. The highest BCUT2D eigenvalue weighted by Gasteiger charge is 2.34. The van der Waals surface area contributed by atoms with Gasteiger partial charge in [-0.2, -0.15) is 10.2 Å². The van der Waals surface area contributed by atoms with Crippen molar-refractivity contribution < 1.29 is 19.4 Å². The fourth-order valence-corrected chi connectivity index (χ4v) is 6.94. The summed E-state index contributed by atoms with van der Waals surface area (Å²) in [6, 6.07) is 2.20. The molecule has 0 amide bonds. The van der Waals surface area contributed by atoms with Gasteiger partial charge >= 0.3 is 5.69 Å². The summed E-state index contributed by atoms with van der Waals surface area (Å²) < 4.78 is 12.5. The van der Waals surface area contributed by atoms with Crippen LogP contribution in [0.25, 0.3) is 16.9 Å². The topological polar surface area (TPSA) is 207 Å². The summed E-state index contributed by atoms with van der Waals surface area (Å²) in [5.41, 5.74) is 14.9. The molecule has 1 saturated heterocycles. The number of hydrogen-bond acceptors (Lipinski definition) is 12. The van der Waals surface area contributed by atoms with Crippen molar-refractivity contribution in [1.29, 1.82) is 5.26 Å². The number of ketones is 1. The summed E-state index contributed by atoms with van der Waals surface area (Å²) in [7, 11) is 4.55. The zero-order valence-corrected chi connectivity index (χ0v) is 31.1. The number of allylic oxidation sites excluding steroid dienone is 1. The minimum Gasteiger partial charge on any atom is -0.476 e. The van der Waals surface area contributed by atoms with Crippen LogP contribution in [0.3, 0.4) is 0 Å². The first-order valence-corrected chi connectivity index (χ1v) is 18.1. The van der Waals surface area contributed by atoms with E-state index in [4.69, 9.17) is 26.0 Å². The number of carbonyl (C=O) groups is 1. The number of nitrogen functional groups attached to an aromatic ring is 1. The Hall–Kier alpha value is -3.77. The number of Topliss-reactive ketones (excluding diaryl/α,β-unsaturated/α-hetero) is 1. The number of aliphatic hydroxyl groups is 1. The lowest BCUT2D eigenvalue weighted by Crippen LogP contribution is -2.23. The van der Waals surface area contributed by atoms with Gasteiger partial charge in [0.25, 0.3) is 0 Å². The summed E-state index contributed by atoms with van der Waals surface area (Å²) in [4.78, 5) is 39.4. The average Bonchev–Trinajstić information content (AvgIpc) is 3.87. The first-order chi connectivity index (χ1) is 23.7. The van der Waals surface area contributed by atoms with Crippen molar-refractivity contribution in [3.8, 4) is 11.9 Å². The highest BCUT2D eigenvalue weighted by molar-refractivity contribution is 7.16. The number of thiophene rings is 1. The van der Waals surface area contributed by atoms with Crippen LogP contribution >= 0.6 is 11.3 Å². The maximum Gasteiger partial charge on any atom is 0.327 e. The number of fused-ring (bicyclic) bond motifs is 2. The molecule has 49 heavy (non-hydrogen) atoms. The number of nitrogens with two attached hydrogens (primary N) is 2. The molecular weight excluding hydrogens is 645 g/mol. The lowest BCUT2D eigenvalue weighted by Gasteiger charge is -2.24. The maximum atomic E-state index is 14.1. The highest BCUT2D eigenvalue weighted by atomic mass is 32.1. The van der Waals surface area contributed by atoms with E-state index in [1.165, 1.54) is 28.7 Å². The SMILES string of the molecule is C1CCOC1.CC.CCC/C(C(=O)C1CCCc2sc(N)c(C#N)c21)=C(/N)c1nc(OC[C@@H](C)CCCNC)c2c(n1)[nH]c(=O)n2C.CO. The Labute approximate surface area is 294 Å². The summed E-state index contributed by atoms with van der Waals surface area (Å²) in [5, 5.41) is 20.4. The molecule has 2 aliphatic rings. The number of nitrogens with one attached hydrogen (secondary N) is 2. The van der Waals surface area contributed by atoms with Gasteiger partial charge in [-0.3, -0.25) is 14.3 Å². The van der Waals surface area contributed by atoms with Gasteiger partial charge in [-0.05, 0) is 76.4 Å². The molecule has 0 aromatic carbocycles. The number of nitriles is 1. The van der Waals surface area contributed by atoms with Crippen LogP contribution in [0.4, 0.5) is 5.00 Å². The van der Waals surface area contributed by atoms with Crippen LogP contribution in [-0.2, 0) is 23.0 Å². The van der Waals surface area contributed by atoms with E-state index in [-0.39, 0.29) is 34.8 Å². The van der Waals surface area contributed by atoms with E-state index in [2.05, 4.69) is 33.3 Å². The van der Waals surface area contributed by atoms with Gasteiger partial charge in [-0.25, -0.2) is 9.78 Å². The summed E-state index contributed by atoms with van der Waals surface area (Å²) in [5.74, 6) is -0.00648. The molecule has 0 saturated carbocycles. The van der Waals surface area contributed by atoms with Gasteiger partial charge < -0.3 is 31.4 Å². The first kappa shape index (κ1) is 41.4. The number of ether oxygens (including phenoxy) is 2. The van der Waals surface area contributed by atoms with Gasteiger partial charge in [-0.15, -0.1) is 11.3 Å². The number of rotatable bonds is 12. The van der Waals surface area contributed by atoms with E-state index in [0.29, 0.717) is 53.2 Å². The molecule has 13 nitrogen and oxygen atoms in total. The Morgan fingerprint density at radius 1 is 1.27 bits per heavy atom. The second-order valence-corrected chi connectivity index (χ2v) is 12.9. The van der Waals surface area contributed by atoms with Crippen LogP contribution in [0.2, 0.25) is 0 Å². The van der Waals surface area contributed by atoms with E-state index >= 15 is 0 Å². The van der Waals surface area contributed by atoms with Gasteiger partial charge in [0.2, 0.25) is 5.88 Å². The monoisotopic (exact) mass is 700 g/mol. The minimum absolute atomic E-state index is 0.130. The van der Waals surface area contributed by atoms with Gasteiger partial charge in [0.15, 0.2) is 22.8 Å². The van der Waals surface area contributed by atoms with Gasteiger partial charge in [0.05, 0.1) is 17.9 Å². The summed E-state index contributed by atoms with van der Waals surface area (Å²) in [6.07, 6.45) is 7.87. The smallest absolute Gasteiger partial charge is 0.327 e. The van der Waals surface area contributed by atoms with Gasteiger partial charge in [-0.1, -0.05) is 34.1 Å². The number of carbonyl (C=O) groups excluding carboxylic acids is 1. The number of H-pyrrole nitrogens is 1. The molecule has 0 radical (unpaired) electrons. The molecule has 1 aliphatic heterocycles. The number of aromatic amines is 1. The van der Waals surface area contributed by atoms with Crippen LogP contribution in [0.15, 0.2) is 10.4 Å². The predicted octanol–water partition coefficient (Wildman–Crippen LogP) is 4.78. The fraction of sp³-hybridized carbons (Fsp3) is 0.629. The molecule has 4 heterocycles. The van der Waals surface area contributed by atoms with E-state index < -0.39 is 5.92 Å². The molecule has 0 bridgehead atoms. The van der Waals surface area contributed by atoms with Crippen LogP contribution < -0.4 is 27.2 Å². The molecular formula is C35H56N8O5S. The minimum atomic E-state index is -0.499. The third-order valence-electron chi connectivity index (χ3n) is 8.26. The second-order valence-electron chi connectivity index (χ2n) is 11.8. The van der Waals surface area contributed by atoms with Crippen LogP contribution in [-0.4, -0.2) is 70.9 Å². The molecule has 1 fully saturated rings. The molecule has 3 aromatic rings. The van der Waals surface area contributed by atoms with Gasteiger partial charge in [0.1, 0.15) is 11.1 Å². The second kappa shape index (κ2) is 21.3. The van der Waals surface area contributed by atoms with Crippen molar-refractivity contribution in [2.45, 2.75) is 91.4 Å². The van der Waals surface area contributed by atoms with Crippen LogP contribution in [0.1, 0.15) is 107 Å². The Morgan fingerprint density at radius 3 is 2.55 bits per heavy atom. The van der Waals surface area contributed by atoms with Crippen molar-refractivity contribution in [1.82, 2.24) is 24.8 Å². The number of hydrogen-bond donors (Lipinski definition) is 5. The predicted molar refractivity (Wildman–Crippen MR) is 197 cm³/mol. The zero-order valence-electron chi connectivity index (χ0n) is 30.3. The molecule has 1 aliphatic carbocycles. The van der Waals surface area contributed by atoms with Crippen molar-refractivity contribution in [2.75, 3.05) is 46.3 Å². The number of aromatic nitrogens is 4. The van der Waals surface area contributed by atoms with Crippen LogP contribution in [0, 0.1) is 17.2 Å². The van der Waals surface area contributed by atoms with E-state index in [9.17, 15) is 14.9 Å². The van der Waals surface area contributed by atoms with E-state index in [0.717, 1.165) is 63.0 Å². The number of anilines is 1. The number of aliphatic hydroxyl groups excluding tert-OH is 1. The van der Waals surface area contributed by atoms with Crippen molar-refractivity contribution in [3.63, 3.8) is 0 Å². The van der Waals surface area contributed by atoms with Crippen molar-refractivity contribution in [3.05, 3.63) is 37.9 Å². The molecule has 7 N–H and O–H groups in total. The largest absolute Gasteiger partial charge is 0.476 e. The number of imidazole rings is 1. The normalized spacial score (nSPS) is 16.0. The third kappa shape index (κ3) is 10.6. The molecule has 5 rings (SSSR count). The molecule has 3 aromatic heterocycles. The quantitative estimate of drug-likeness (QED) is 0.128. The zero-order chi connectivity index (χ0) is 36.5. The highest BCUT2D eigenvalue weighted by Crippen LogP contribution is 2.44. The fourth-order valence-electron chi connectivity index (χ4n) is 5.81. The Balaban J connectivity index is 0.000000822. The Kier molecular flexibility index (Phi) is 18.0. The summed E-state index contributed by atoms with van der Waals surface area (Å²) >= 11 is 1.39. The van der Waals surface area contributed by atoms with Crippen LogP contribution in [0.5, 0.6) is 5.88 Å². The summed E-state index contributed by atoms with van der Waals surface area (Å²) in [6.45, 7) is 11.4. The van der Waals surface area contributed by atoms with Crippen molar-refractivity contribution in [2.24, 2.45) is 18.7 Å². The van der Waals surface area contributed by atoms with Gasteiger partial charge in [0, 0.05) is 43.7 Å². The lowest BCUT2D eigenvalue weighted by atomic mass is 9.79. The van der Waals surface area contributed by atoms with E-state index in [1.54, 1.807) is 7.05 Å². The Bertz CT molecular complexity index is 1610. The number of aryl methyl sites for hydroxylation is 2. The van der Waals surface area contributed by atoms with Crippen molar-refractivity contribution >= 4 is 39.0 Å². The molecule has 0 spiro atoms. The van der Waals surface area contributed by atoms with E-state index in [1.807, 2.05) is 27.8 Å². The molecule has 14 heteroatoms. The number of nitrogens with zero attached hydrogens (tertiary/aromatic N) is 4. The molecule has 2 atom stereocenters. The average molecular weight is 701 g/mol. The Morgan fingerprint density at radius 2 is 1.96 bits per heavy atom.